The molecule has 0 aliphatic carbocycles. The summed E-state index contributed by atoms with van der Waals surface area (Å²) in [4.78, 5) is 26.3. The summed E-state index contributed by atoms with van der Waals surface area (Å²) in [5, 5.41) is 13.7. The van der Waals surface area contributed by atoms with Gasteiger partial charge < -0.3 is 15.3 Å². The van der Waals surface area contributed by atoms with E-state index in [4.69, 9.17) is 0 Å². The van der Waals surface area contributed by atoms with E-state index in [1.807, 2.05) is 30.3 Å². The number of benzene rings is 1. The Kier molecular flexibility index (Phi) is 5.68. The quantitative estimate of drug-likeness (QED) is 0.848. The summed E-state index contributed by atoms with van der Waals surface area (Å²) in [5.41, 5.74) is 0.986. The average Bonchev–Trinajstić information content (AvgIpc) is 3.07. The van der Waals surface area contributed by atoms with Crippen molar-refractivity contribution in [1.29, 1.82) is 0 Å². The summed E-state index contributed by atoms with van der Waals surface area (Å²) in [7, 11) is 1.65. The lowest BCUT2D eigenvalue weighted by atomic mass is 10.2. The molecule has 0 bridgehead atoms. The van der Waals surface area contributed by atoms with Gasteiger partial charge in [0.05, 0.1) is 11.5 Å². The van der Waals surface area contributed by atoms with Gasteiger partial charge in [0.2, 0.25) is 5.91 Å². The predicted octanol–water partition coefficient (Wildman–Crippen LogP) is 1.50. The fourth-order valence-corrected chi connectivity index (χ4v) is 2.65. The zero-order valence-electron chi connectivity index (χ0n) is 12.2. The molecule has 0 radical (unpaired) electrons. The molecule has 0 aliphatic rings. The molecule has 1 heterocycles. The maximum atomic E-state index is 12.3. The zero-order chi connectivity index (χ0) is 15.9. The molecule has 1 aromatic carbocycles. The number of hydrogen-bond acceptors (Lipinski definition) is 4. The van der Waals surface area contributed by atoms with Crippen molar-refractivity contribution in [2.45, 2.75) is 12.6 Å². The topological polar surface area (TPSA) is 69.6 Å². The van der Waals surface area contributed by atoms with E-state index >= 15 is 0 Å². The molecule has 2 N–H and O–H groups in total. The SMILES string of the molecule is CN(Cc1ccccc1)C(=O)C(CO)NC(=O)c1cccs1. The molecule has 1 unspecified atom stereocenters. The van der Waals surface area contributed by atoms with Gasteiger partial charge in [-0.25, -0.2) is 0 Å². The van der Waals surface area contributed by atoms with Crippen molar-refractivity contribution < 1.29 is 14.7 Å². The molecule has 6 heteroatoms. The number of carbonyl (C=O) groups excluding carboxylic acids is 2. The Morgan fingerprint density at radius 1 is 1.23 bits per heavy atom. The van der Waals surface area contributed by atoms with E-state index in [1.165, 1.54) is 16.2 Å². The molecular weight excluding hydrogens is 300 g/mol. The van der Waals surface area contributed by atoms with E-state index in [0.717, 1.165) is 5.56 Å². The first-order chi connectivity index (χ1) is 10.6. The van der Waals surface area contributed by atoms with Crippen molar-refractivity contribution in [2.75, 3.05) is 13.7 Å². The Hall–Kier alpha value is -2.18. The first-order valence-corrected chi connectivity index (χ1v) is 7.74. The predicted molar refractivity (Wildman–Crippen MR) is 85.6 cm³/mol. The first-order valence-electron chi connectivity index (χ1n) is 6.86. The van der Waals surface area contributed by atoms with E-state index in [9.17, 15) is 14.7 Å². The minimum atomic E-state index is -0.941. The Labute approximate surface area is 133 Å². The standard InChI is InChI=1S/C16H18N2O3S/c1-18(10-12-6-3-2-4-7-12)16(21)13(11-19)17-15(20)14-8-5-9-22-14/h2-9,13,19H,10-11H2,1H3,(H,17,20). The fraction of sp³-hybridized carbons (Fsp3) is 0.250. The summed E-state index contributed by atoms with van der Waals surface area (Å²) in [5.74, 6) is -0.674. The molecule has 22 heavy (non-hydrogen) atoms. The third-order valence-corrected chi connectivity index (χ3v) is 4.04. The highest BCUT2D eigenvalue weighted by Crippen LogP contribution is 2.09. The highest BCUT2D eigenvalue weighted by atomic mass is 32.1. The van der Waals surface area contributed by atoms with Crippen LogP contribution in [0.25, 0.3) is 0 Å². The number of rotatable bonds is 6. The van der Waals surface area contributed by atoms with Crippen molar-refractivity contribution in [1.82, 2.24) is 10.2 Å². The molecule has 1 aromatic heterocycles. The van der Waals surface area contributed by atoms with Gasteiger partial charge in [0, 0.05) is 13.6 Å². The van der Waals surface area contributed by atoms with Crippen molar-refractivity contribution in [3.63, 3.8) is 0 Å². The van der Waals surface area contributed by atoms with Crippen LogP contribution in [0.2, 0.25) is 0 Å². The van der Waals surface area contributed by atoms with Gasteiger partial charge in [-0.1, -0.05) is 36.4 Å². The number of likely N-dealkylation sites (N-methyl/N-ethyl adjacent to an activating group) is 1. The van der Waals surface area contributed by atoms with Crippen molar-refractivity contribution in [3.8, 4) is 0 Å². The van der Waals surface area contributed by atoms with Crippen molar-refractivity contribution in [2.24, 2.45) is 0 Å². The van der Waals surface area contributed by atoms with Gasteiger partial charge >= 0.3 is 0 Å². The lowest BCUT2D eigenvalue weighted by Gasteiger charge is -2.23. The number of amides is 2. The Morgan fingerprint density at radius 3 is 2.55 bits per heavy atom. The second-order valence-electron chi connectivity index (χ2n) is 4.87. The van der Waals surface area contributed by atoms with E-state index in [-0.39, 0.29) is 11.8 Å². The number of aliphatic hydroxyl groups excluding tert-OH is 1. The van der Waals surface area contributed by atoms with E-state index in [1.54, 1.807) is 24.6 Å². The fourth-order valence-electron chi connectivity index (χ4n) is 2.02. The number of aliphatic hydroxyl groups is 1. The normalized spacial score (nSPS) is 11.7. The Balaban J connectivity index is 1.97. The van der Waals surface area contributed by atoms with Gasteiger partial charge in [0.15, 0.2) is 0 Å². The third kappa shape index (κ3) is 4.16. The van der Waals surface area contributed by atoms with E-state index in [0.29, 0.717) is 11.4 Å². The summed E-state index contributed by atoms with van der Waals surface area (Å²) in [6, 6.07) is 12.0. The highest BCUT2D eigenvalue weighted by molar-refractivity contribution is 7.12. The number of hydrogen-bond donors (Lipinski definition) is 2. The second kappa shape index (κ2) is 7.72. The monoisotopic (exact) mass is 318 g/mol. The van der Waals surface area contributed by atoms with Gasteiger partial charge in [0.1, 0.15) is 6.04 Å². The molecule has 0 aliphatic heterocycles. The average molecular weight is 318 g/mol. The largest absolute Gasteiger partial charge is 0.394 e. The number of nitrogens with zero attached hydrogens (tertiary/aromatic N) is 1. The summed E-state index contributed by atoms with van der Waals surface area (Å²) in [6.45, 7) is -0.0138. The molecule has 116 valence electrons. The molecule has 0 saturated heterocycles. The number of thiophene rings is 1. The molecule has 5 nitrogen and oxygen atoms in total. The smallest absolute Gasteiger partial charge is 0.262 e. The van der Waals surface area contributed by atoms with Gasteiger partial charge in [-0.3, -0.25) is 9.59 Å². The highest BCUT2D eigenvalue weighted by Gasteiger charge is 2.24. The number of carbonyl (C=O) groups is 2. The third-order valence-electron chi connectivity index (χ3n) is 3.17. The molecule has 0 spiro atoms. The van der Waals surface area contributed by atoms with Crippen LogP contribution in [-0.2, 0) is 11.3 Å². The Bertz CT molecular complexity index is 614. The van der Waals surface area contributed by atoms with Crippen LogP contribution in [0.1, 0.15) is 15.2 Å². The number of nitrogens with one attached hydrogen (secondary N) is 1. The molecule has 1 atom stereocenters. The minimum absolute atomic E-state index is 0.323. The summed E-state index contributed by atoms with van der Waals surface area (Å²) < 4.78 is 0. The molecule has 2 aromatic rings. The van der Waals surface area contributed by atoms with Crippen LogP contribution in [0.5, 0.6) is 0 Å². The van der Waals surface area contributed by atoms with Crippen molar-refractivity contribution >= 4 is 23.2 Å². The van der Waals surface area contributed by atoms with E-state index in [2.05, 4.69) is 5.32 Å². The Morgan fingerprint density at radius 2 is 1.95 bits per heavy atom. The maximum absolute atomic E-state index is 12.3. The van der Waals surface area contributed by atoms with Gasteiger partial charge in [-0.15, -0.1) is 11.3 Å². The molecule has 2 amide bonds. The van der Waals surface area contributed by atoms with Gasteiger partial charge in [0.25, 0.3) is 5.91 Å². The van der Waals surface area contributed by atoms with Crippen LogP contribution in [0, 0.1) is 0 Å². The summed E-state index contributed by atoms with van der Waals surface area (Å²) in [6.07, 6.45) is 0. The lowest BCUT2D eigenvalue weighted by Crippen LogP contribution is -2.49. The van der Waals surface area contributed by atoms with Crippen LogP contribution in [0.4, 0.5) is 0 Å². The maximum Gasteiger partial charge on any atom is 0.262 e. The molecule has 2 rings (SSSR count). The first kappa shape index (κ1) is 16.2. The van der Waals surface area contributed by atoms with Crippen LogP contribution in [0.3, 0.4) is 0 Å². The van der Waals surface area contributed by atoms with Crippen LogP contribution in [0.15, 0.2) is 47.8 Å². The van der Waals surface area contributed by atoms with E-state index < -0.39 is 12.6 Å². The molecular formula is C16H18N2O3S. The second-order valence-corrected chi connectivity index (χ2v) is 5.81. The minimum Gasteiger partial charge on any atom is -0.394 e. The van der Waals surface area contributed by atoms with Crippen LogP contribution < -0.4 is 5.32 Å². The molecule has 0 saturated carbocycles. The zero-order valence-corrected chi connectivity index (χ0v) is 13.0. The van der Waals surface area contributed by atoms with Gasteiger partial charge in [-0.05, 0) is 17.0 Å². The van der Waals surface area contributed by atoms with Crippen LogP contribution >= 0.6 is 11.3 Å². The van der Waals surface area contributed by atoms with Gasteiger partial charge in [-0.2, -0.15) is 0 Å². The van der Waals surface area contributed by atoms with Crippen molar-refractivity contribution in [3.05, 3.63) is 58.3 Å². The van der Waals surface area contributed by atoms with Crippen LogP contribution in [-0.4, -0.2) is 41.5 Å². The molecule has 0 fully saturated rings. The summed E-state index contributed by atoms with van der Waals surface area (Å²) >= 11 is 1.29. The lowest BCUT2D eigenvalue weighted by molar-refractivity contribution is -0.133.